The Morgan fingerprint density at radius 1 is 1.27 bits per heavy atom. The van der Waals surface area contributed by atoms with Crippen LogP contribution in [0.4, 0.5) is 0 Å². The van der Waals surface area contributed by atoms with Crippen LogP contribution in [0.25, 0.3) is 0 Å². The molecule has 84 valence electrons. The van der Waals surface area contributed by atoms with Crippen LogP contribution in [0.1, 0.15) is 18.9 Å². The Hall–Kier alpha value is -0.280. The molecule has 1 atom stereocenters. The largest absolute Gasteiger partial charge is 0.396 e. The van der Waals surface area contributed by atoms with E-state index >= 15 is 0 Å². The molecule has 0 heterocycles. The molecule has 2 N–H and O–H groups in total. The minimum absolute atomic E-state index is 0.199. The zero-order chi connectivity index (χ0) is 11.3. The van der Waals surface area contributed by atoms with Gasteiger partial charge in [-0.25, -0.2) is 0 Å². The van der Waals surface area contributed by atoms with E-state index in [9.17, 15) is 0 Å². The molecular formula is C11H15Cl2NO. The molecule has 0 aliphatic rings. The van der Waals surface area contributed by atoms with Gasteiger partial charge in [-0.2, -0.15) is 0 Å². The number of aliphatic hydroxyl groups excluding tert-OH is 1. The highest BCUT2D eigenvalue weighted by Crippen LogP contribution is 2.18. The second-order valence-electron chi connectivity index (χ2n) is 3.57. The van der Waals surface area contributed by atoms with Gasteiger partial charge in [-0.05, 0) is 37.1 Å². The molecule has 2 nitrogen and oxygen atoms in total. The van der Waals surface area contributed by atoms with Crippen molar-refractivity contribution in [2.45, 2.75) is 25.9 Å². The standard InChI is InChI=1S/C11H15Cl2NO/c1-8(2-3-15)14-7-9-4-10(12)6-11(13)5-9/h4-6,8,14-15H,2-3,7H2,1H3. The average molecular weight is 248 g/mol. The van der Waals surface area contributed by atoms with Crippen LogP contribution in [0.3, 0.4) is 0 Å². The van der Waals surface area contributed by atoms with Gasteiger partial charge in [0.15, 0.2) is 0 Å². The molecule has 4 heteroatoms. The monoisotopic (exact) mass is 247 g/mol. The highest BCUT2D eigenvalue weighted by atomic mass is 35.5. The molecule has 0 bridgehead atoms. The van der Waals surface area contributed by atoms with Crippen molar-refractivity contribution < 1.29 is 5.11 Å². The summed E-state index contributed by atoms with van der Waals surface area (Å²) >= 11 is 11.7. The maximum absolute atomic E-state index is 8.74. The molecule has 0 saturated carbocycles. The summed E-state index contributed by atoms with van der Waals surface area (Å²) in [6.45, 7) is 2.94. The second-order valence-corrected chi connectivity index (χ2v) is 4.44. The van der Waals surface area contributed by atoms with Gasteiger partial charge in [0.25, 0.3) is 0 Å². The van der Waals surface area contributed by atoms with Gasteiger partial charge in [0.05, 0.1) is 0 Å². The number of halogens is 2. The van der Waals surface area contributed by atoms with Crippen LogP contribution < -0.4 is 5.32 Å². The molecule has 1 rings (SSSR count). The first-order valence-corrected chi connectivity index (χ1v) is 5.66. The highest BCUT2D eigenvalue weighted by molar-refractivity contribution is 6.34. The fraction of sp³-hybridized carbons (Fsp3) is 0.455. The average Bonchev–Trinajstić information content (AvgIpc) is 2.14. The Balaban J connectivity index is 2.50. The van der Waals surface area contributed by atoms with Crippen molar-refractivity contribution in [3.05, 3.63) is 33.8 Å². The molecule has 0 saturated heterocycles. The Bertz CT molecular complexity index is 297. The molecular weight excluding hydrogens is 233 g/mol. The molecule has 15 heavy (non-hydrogen) atoms. The number of hydrogen-bond acceptors (Lipinski definition) is 2. The third kappa shape index (κ3) is 4.85. The van der Waals surface area contributed by atoms with Crippen molar-refractivity contribution in [2.24, 2.45) is 0 Å². The molecule has 0 aliphatic heterocycles. The van der Waals surface area contributed by atoms with E-state index < -0.39 is 0 Å². The number of rotatable bonds is 5. The molecule has 0 aromatic heterocycles. The zero-order valence-electron chi connectivity index (χ0n) is 8.63. The second kappa shape index (κ2) is 6.33. The normalized spacial score (nSPS) is 12.8. The quantitative estimate of drug-likeness (QED) is 0.839. The van der Waals surface area contributed by atoms with Crippen molar-refractivity contribution in [1.82, 2.24) is 5.32 Å². The minimum atomic E-state index is 0.199. The number of nitrogens with one attached hydrogen (secondary N) is 1. The van der Waals surface area contributed by atoms with Gasteiger partial charge in [0, 0.05) is 29.2 Å². The Morgan fingerprint density at radius 3 is 2.40 bits per heavy atom. The fourth-order valence-corrected chi connectivity index (χ4v) is 1.87. The fourth-order valence-electron chi connectivity index (χ4n) is 1.30. The Kier molecular flexibility index (Phi) is 5.40. The first-order valence-electron chi connectivity index (χ1n) is 4.91. The molecule has 1 aromatic carbocycles. The summed E-state index contributed by atoms with van der Waals surface area (Å²) < 4.78 is 0. The van der Waals surface area contributed by atoms with E-state index in [0.29, 0.717) is 16.6 Å². The van der Waals surface area contributed by atoms with E-state index in [-0.39, 0.29) is 12.6 Å². The molecule has 1 unspecified atom stereocenters. The number of aliphatic hydroxyl groups is 1. The van der Waals surface area contributed by atoms with Crippen LogP contribution in [-0.4, -0.2) is 17.8 Å². The van der Waals surface area contributed by atoms with Gasteiger partial charge < -0.3 is 10.4 Å². The Morgan fingerprint density at radius 2 is 1.87 bits per heavy atom. The van der Waals surface area contributed by atoms with E-state index in [1.165, 1.54) is 0 Å². The molecule has 0 spiro atoms. The van der Waals surface area contributed by atoms with Gasteiger partial charge in [0.1, 0.15) is 0 Å². The topological polar surface area (TPSA) is 32.3 Å². The highest BCUT2D eigenvalue weighted by Gasteiger charge is 2.02. The van der Waals surface area contributed by atoms with Crippen molar-refractivity contribution in [2.75, 3.05) is 6.61 Å². The van der Waals surface area contributed by atoms with Crippen LogP contribution >= 0.6 is 23.2 Å². The molecule has 0 radical (unpaired) electrons. The predicted octanol–water partition coefficient (Wildman–Crippen LogP) is 2.85. The van der Waals surface area contributed by atoms with Gasteiger partial charge in [-0.15, -0.1) is 0 Å². The lowest BCUT2D eigenvalue weighted by atomic mass is 10.2. The van der Waals surface area contributed by atoms with Gasteiger partial charge in [-0.1, -0.05) is 23.2 Å². The summed E-state index contributed by atoms with van der Waals surface area (Å²) in [5.41, 5.74) is 1.05. The van der Waals surface area contributed by atoms with Crippen molar-refractivity contribution in [3.8, 4) is 0 Å². The first-order chi connectivity index (χ1) is 7.11. The Labute approximate surface area is 100 Å². The van der Waals surface area contributed by atoms with Crippen LogP contribution in [-0.2, 0) is 6.54 Å². The molecule has 1 aromatic rings. The van der Waals surface area contributed by atoms with Crippen LogP contribution in [0.15, 0.2) is 18.2 Å². The summed E-state index contributed by atoms with van der Waals surface area (Å²) in [4.78, 5) is 0. The summed E-state index contributed by atoms with van der Waals surface area (Å²) in [5, 5.41) is 13.3. The van der Waals surface area contributed by atoms with Gasteiger partial charge >= 0.3 is 0 Å². The lowest BCUT2D eigenvalue weighted by Crippen LogP contribution is -2.26. The summed E-state index contributed by atoms with van der Waals surface area (Å²) in [6.07, 6.45) is 0.744. The first kappa shape index (κ1) is 12.8. The third-order valence-electron chi connectivity index (χ3n) is 2.14. The van der Waals surface area contributed by atoms with Gasteiger partial charge in [0.2, 0.25) is 0 Å². The molecule has 0 aliphatic carbocycles. The van der Waals surface area contributed by atoms with Gasteiger partial charge in [-0.3, -0.25) is 0 Å². The van der Waals surface area contributed by atoms with E-state index in [1.54, 1.807) is 6.07 Å². The SMILES string of the molecule is CC(CCO)NCc1cc(Cl)cc(Cl)c1. The lowest BCUT2D eigenvalue weighted by Gasteiger charge is -2.12. The van der Waals surface area contributed by atoms with E-state index in [1.807, 2.05) is 19.1 Å². The molecule has 0 amide bonds. The van der Waals surface area contributed by atoms with Crippen molar-refractivity contribution >= 4 is 23.2 Å². The minimum Gasteiger partial charge on any atom is -0.396 e. The van der Waals surface area contributed by atoms with Crippen LogP contribution in [0.5, 0.6) is 0 Å². The maximum Gasteiger partial charge on any atom is 0.0445 e. The van der Waals surface area contributed by atoms with Crippen LogP contribution in [0.2, 0.25) is 10.0 Å². The smallest absolute Gasteiger partial charge is 0.0445 e. The van der Waals surface area contributed by atoms with Crippen molar-refractivity contribution in [3.63, 3.8) is 0 Å². The summed E-state index contributed by atoms with van der Waals surface area (Å²) in [5.74, 6) is 0. The number of hydrogen-bond donors (Lipinski definition) is 2. The summed E-state index contributed by atoms with van der Waals surface area (Å²) in [7, 11) is 0. The third-order valence-corrected chi connectivity index (χ3v) is 2.58. The zero-order valence-corrected chi connectivity index (χ0v) is 10.1. The summed E-state index contributed by atoms with van der Waals surface area (Å²) in [6, 6.07) is 5.76. The van der Waals surface area contributed by atoms with E-state index in [0.717, 1.165) is 12.0 Å². The van der Waals surface area contributed by atoms with Crippen LogP contribution in [0, 0.1) is 0 Å². The predicted molar refractivity (Wildman–Crippen MR) is 64.5 cm³/mol. The van der Waals surface area contributed by atoms with Crippen molar-refractivity contribution in [1.29, 1.82) is 0 Å². The molecule has 0 fully saturated rings. The van der Waals surface area contributed by atoms with E-state index in [2.05, 4.69) is 5.32 Å². The maximum atomic E-state index is 8.74. The number of benzene rings is 1. The lowest BCUT2D eigenvalue weighted by molar-refractivity contribution is 0.268. The van der Waals surface area contributed by atoms with E-state index in [4.69, 9.17) is 28.3 Å².